The van der Waals surface area contributed by atoms with Crippen LogP contribution in [0.25, 0.3) is 11.0 Å². The molecule has 1 aromatic carbocycles. The molecule has 2 amide bonds. The number of carbonyl (C=O) groups is 2. The number of nitrogens with zero attached hydrogens (tertiary/aromatic N) is 4. The van der Waals surface area contributed by atoms with Gasteiger partial charge in [0.1, 0.15) is 23.6 Å². The molecule has 0 aliphatic heterocycles. The van der Waals surface area contributed by atoms with E-state index in [1.165, 1.54) is 6.42 Å². The number of unbranched alkanes of at least 4 members (excludes halogenated alkanes) is 1. The van der Waals surface area contributed by atoms with Crippen molar-refractivity contribution in [2.45, 2.75) is 77.4 Å². The quantitative estimate of drug-likeness (QED) is 0.527. The molecule has 0 saturated heterocycles. The Labute approximate surface area is 194 Å². The SMILES string of the molecule is CCCCN(C(=O)Cn1nnc2ccccc21)[C@H](C(=O)NC1CCCCC1)c1ccc(C)o1. The van der Waals surface area contributed by atoms with Crippen LogP contribution in [0.4, 0.5) is 0 Å². The second-order valence-electron chi connectivity index (χ2n) is 8.87. The molecular weight excluding hydrogens is 418 g/mol. The van der Waals surface area contributed by atoms with Gasteiger partial charge < -0.3 is 14.6 Å². The number of hydrogen-bond donors (Lipinski definition) is 1. The molecule has 1 saturated carbocycles. The lowest BCUT2D eigenvalue weighted by atomic mass is 9.95. The summed E-state index contributed by atoms with van der Waals surface area (Å²) in [7, 11) is 0. The molecule has 2 heterocycles. The average Bonchev–Trinajstić information content (AvgIpc) is 3.43. The highest BCUT2D eigenvalue weighted by Gasteiger charge is 2.35. The molecule has 0 radical (unpaired) electrons. The predicted molar refractivity (Wildman–Crippen MR) is 125 cm³/mol. The van der Waals surface area contributed by atoms with E-state index < -0.39 is 6.04 Å². The minimum atomic E-state index is -0.811. The van der Waals surface area contributed by atoms with Crippen molar-refractivity contribution >= 4 is 22.8 Å². The first-order chi connectivity index (χ1) is 16.1. The zero-order chi connectivity index (χ0) is 23.2. The number of nitrogens with one attached hydrogen (secondary N) is 1. The van der Waals surface area contributed by atoms with E-state index in [2.05, 4.69) is 22.6 Å². The van der Waals surface area contributed by atoms with Crippen LogP contribution < -0.4 is 5.32 Å². The summed E-state index contributed by atoms with van der Waals surface area (Å²) in [4.78, 5) is 28.8. The fourth-order valence-electron chi connectivity index (χ4n) is 4.53. The topological polar surface area (TPSA) is 93.3 Å². The summed E-state index contributed by atoms with van der Waals surface area (Å²) in [6.45, 7) is 4.39. The van der Waals surface area contributed by atoms with Crippen LogP contribution in [0.2, 0.25) is 0 Å². The van der Waals surface area contributed by atoms with E-state index in [1.807, 2.05) is 37.3 Å². The normalized spacial score (nSPS) is 15.5. The molecule has 3 aromatic rings. The van der Waals surface area contributed by atoms with Crippen molar-refractivity contribution in [3.8, 4) is 0 Å². The number of benzene rings is 1. The van der Waals surface area contributed by atoms with Crippen LogP contribution in [0.15, 0.2) is 40.8 Å². The number of aryl methyl sites for hydroxylation is 1. The van der Waals surface area contributed by atoms with Crippen LogP contribution in [-0.4, -0.2) is 44.3 Å². The highest BCUT2D eigenvalue weighted by Crippen LogP contribution is 2.26. The van der Waals surface area contributed by atoms with Gasteiger partial charge in [-0.2, -0.15) is 0 Å². The first-order valence-corrected chi connectivity index (χ1v) is 12.0. The predicted octanol–water partition coefficient (Wildman–Crippen LogP) is 4.15. The number of fused-ring (bicyclic) bond motifs is 1. The summed E-state index contributed by atoms with van der Waals surface area (Å²) >= 11 is 0. The van der Waals surface area contributed by atoms with Gasteiger partial charge >= 0.3 is 0 Å². The maximum atomic E-state index is 13.6. The summed E-state index contributed by atoms with van der Waals surface area (Å²) in [5.41, 5.74) is 1.53. The van der Waals surface area contributed by atoms with E-state index in [0.29, 0.717) is 18.1 Å². The third-order valence-electron chi connectivity index (χ3n) is 6.32. The van der Waals surface area contributed by atoms with Crippen LogP contribution >= 0.6 is 0 Å². The van der Waals surface area contributed by atoms with Gasteiger partial charge in [0.25, 0.3) is 5.91 Å². The van der Waals surface area contributed by atoms with Gasteiger partial charge in [-0.15, -0.1) is 5.10 Å². The zero-order valence-electron chi connectivity index (χ0n) is 19.5. The van der Waals surface area contributed by atoms with Gasteiger partial charge in [0.2, 0.25) is 5.91 Å². The van der Waals surface area contributed by atoms with Gasteiger partial charge in [-0.25, -0.2) is 4.68 Å². The molecule has 1 atom stereocenters. The maximum Gasteiger partial charge on any atom is 0.250 e. The van der Waals surface area contributed by atoms with Crippen molar-refractivity contribution in [1.29, 1.82) is 0 Å². The van der Waals surface area contributed by atoms with E-state index in [0.717, 1.165) is 49.6 Å². The van der Waals surface area contributed by atoms with Crippen LogP contribution in [0.5, 0.6) is 0 Å². The van der Waals surface area contributed by atoms with Crippen molar-refractivity contribution in [3.05, 3.63) is 47.9 Å². The van der Waals surface area contributed by atoms with Crippen molar-refractivity contribution in [3.63, 3.8) is 0 Å². The number of aromatic nitrogens is 3. The molecule has 176 valence electrons. The molecule has 4 rings (SSSR count). The maximum absolute atomic E-state index is 13.6. The molecule has 0 bridgehead atoms. The lowest BCUT2D eigenvalue weighted by Gasteiger charge is -2.32. The molecule has 0 unspecified atom stereocenters. The fraction of sp³-hybridized carbons (Fsp3) is 0.520. The second-order valence-corrected chi connectivity index (χ2v) is 8.87. The highest BCUT2D eigenvalue weighted by atomic mass is 16.3. The van der Waals surface area contributed by atoms with Gasteiger partial charge in [-0.3, -0.25) is 9.59 Å². The number of rotatable bonds is 9. The van der Waals surface area contributed by atoms with Crippen LogP contribution in [0.3, 0.4) is 0 Å². The summed E-state index contributed by atoms with van der Waals surface area (Å²) in [5.74, 6) is 0.848. The number of carbonyl (C=O) groups excluding carboxylic acids is 2. The highest BCUT2D eigenvalue weighted by molar-refractivity contribution is 5.89. The molecule has 33 heavy (non-hydrogen) atoms. The van der Waals surface area contributed by atoms with Gasteiger partial charge in [-0.05, 0) is 50.5 Å². The van der Waals surface area contributed by atoms with E-state index in [1.54, 1.807) is 15.6 Å². The number of hydrogen-bond acceptors (Lipinski definition) is 5. The fourth-order valence-corrected chi connectivity index (χ4v) is 4.53. The standard InChI is InChI=1S/C25H33N5O3/c1-3-4-16-29(23(31)17-30-21-13-9-8-12-20(21)27-28-30)24(22-15-14-18(2)33-22)25(32)26-19-10-6-5-7-11-19/h8-9,12-15,19,24H,3-7,10-11,16-17H2,1-2H3,(H,26,32)/t24-/m0/s1. The van der Waals surface area contributed by atoms with Gasteiger partial charge in [0.05, 0.1) is 5.52 Å². The Morgan fingerprint density at radius 1 is 1.18 bits per heavy atom. The lowest BCUT2D eigenvalue weighted by molar-refractivity contribution is -0.142. The van der Waals surface area contributed by atoms with Crippen molar-refractivity contribution < 1.29 is 14.0 Å². The third kappa shape index (κ3) is 5.43. The third-order valence-corrected chi connectivity index (χ3v) is 6.32. The molecule has 1 N–H and O–H groups in total. The Kier molecular flexibility index (Phi) is 7.42. The minimum Gasteiger partial charge on any atom is -0.464 e. The van der Waals surface area contributed by atoms with Crippen molar-refractivity contribution in [2.75, 3.05) is 6.54 Å². The lowest BCUT2D eigenvalue weighted by Crippen LogP contribution is -2.48. The molecule has 0 spiro atoms. The van der Waals surface area contributed by atoms with Crippen LogP contribution in [-0.2, 0) is 16.1 Å². The molecular formula is C25H33N5O3. The second kappa shape index (κ2) is 10.6. The Morgan fingerprint density at radius 2 is 1.97 bits per heavy atom. The Bertz CT molecular complexity index is 1080. The van der Waals surface area contributed by atoms with E-state index in [-0.39, 0.29) is 24.4 Å². The summed E-state index contributed by atoms with van der Waals surface area (Å²) < 4.78 is 7.48. The number of amides is 2. The monoisotopic (exact) mass is 451 g/mol. The zero-order valence-corrected chi connectivity index (χ0v) is 19.5. The Balaban J connectivity index is 1.61. The number of para-hydroxylation sites is 1. The molecule has 1 fully saturated rings. The van der Waals surface area contributed by atoms with E-state index in [4.69, 9.17) is 4.42 Å². The van der Waals surface area contributed by atoms with Crippen molar-refractivity contribution in [1.82, 2.24) is 25.2 Å². The Morgan fingerprint density at radius 3 is 2.70 bits per heavy atom. The largest absolute Gasteiger partial charge is 0.464 e. The van der Waals surface area contributed by atoms with E-state index >= 15 is 0 Å². The van der Waals surface area contributed by atoms with Crippen LogP contribution in [0, 0.1) is 6.92 Å². The Hall–Kier alpha value is -3.16. The van der Waals surface area contributed by atoms with Gasteiger partial charge in [-0.1, -0.05) is 50.0 Å². The first-order valence-electron chi connectivity index (χ1n) is 12.0. The van der Waals surface area contributed by atoms with Crippen LogP contribution in [0.1, 0.15) is 69.4 Å². The average molecular weight is 452 g/mol. The summed E-state index contributed by atoms with van der Waals surface area (Å²) in [6.07, 6.45) is 7.09. The smallest absolute Gasteiger partial charge is 0.250 e. The van der Waals surface area contributed by atoms with Gasteiger partial charge in [0.15, 0.2) is 6.04 Å². The molecule has 2 aromatic heterocycles. The summed E-state index contributed by atoms with van der Waals surface area (Å²) in [6, 6.07) is 10.5. The molecule has 1 aliphatic carbocycles. The first kappa shape index (κ1) is 23.0. The van der Waals surface area contributed by atoms with E-state index in [9.17, 15) is 9.59 Å². The molecule has 1 aliphatic rings. The number of furan rings is 1. The molecule has 8 heteroatoms. The summed E-state index contributed by atoms with van der Waals surface area (Å²) in [5, 5.41) is 11.5. The van der Waals surface area contributed by atoms with Gasteiger partial charge in [0, 0.05) is 12.6 Å². The minimum absolute atomic E-state index is 0.0110. The molecule has 8 nitrogen and oxygen atoms in total. The van der Waals surface area contributed by atoms with Crippen molar-refractivity contribution in [2.24, 2.45) is 0 Å².